The average Bonchev–Trinajstić information content (AvgIpc) is 1.83. The van der Waals surface area contributed by atoms with Gasteiger partial charge >= 0.3 is 0 Å². The Hall–Kier alpha value is -0.0800. The van der Waals surface area contributed by atoms with E-state index in [1.165, 1.54) is 32.4 Å². The molecular weight excluding hydrogens is 138 g/mol. The minimum Gasteiger partial charge on any atom is -0.377 e. The molecule has 2 nitrogen and oxygen atoms in total. The van der Waals surface area contributed by atoms with Crippen LogP contribution in [0.5, 0.6) is 0 Å². The Morgan fingerprint density at radius 2 is 2.27 bits per heavy atom. The topological polar surface area (TPSA) is 12.5 Å². The van der Waals surface area contributed by atoms with Crippen LogP contribution >= 0.6 is 0 Å². The van der Waals surface area contributed by atoms with Crippen LogP contribution in [0.25, 0.3) is 0 Å². The molecule has 0 aromatic carbocycles. The Kier molecular flexibility index (Phi) is 1.90. The second kappa shape index (κ2) is 2.76. The molecule has 0 amide bonds. The zero-order valence-corrected chi connectivity index (χ0v) is 7.31. The summed E-state index contributed by atoms with van der Waals surface area (Å²) >= 11 is 0. The lowest BCUT2D eigenvalue weighted by Crippen LogP contribution is -2.70. The summed E-state index contributed by atoms with van der Waals surface area (Å²) in [4.78, 5) is 2.60. The molecule has 2 heteroatoms. The molecule has 0 saturated carbocycles. The third-order valence-corrected chi connectivity index (χ3v) is 3.04. The molecule has 0 N–H and O–H groups in total. The number of rotatable bonds is 3. The van der Waals surface area contributed by atoms with E-state index in [0.29, 0.717) is 5.54 Å². The maximum Gasteiger partial charge on any atom is 0.0690 e. The molecule has 11 heavy (non-hydrogen) atoms. The van der Waals surface area contributed by atoms with Crippen molar-refractivity contribution in [2.24, 2.45) is 0 Å². The molecule has 2 fully saturated rings. The lowest BCUT2D eigenvalue weighted by atomic mass is 9.82. The molecular formula is C9H17NO. The van der Waals surface area contributed by atoms with Crippen LogP contribution in [0.15, 0.2) is 0 Å². The first-order chi connectivity index (χ1) is 5.37. The van der Waals surface area contributed by atoms with Gasteiger partial charge in [-0.3, -0.25) is 4.90 Å². The summed E-state index contributed by atoms with van der Waals surface area (Å²) < 4.78 is 5.25. The Bertz CT molecular complexity index is 137. The Labute approximate surface area is 68.5 Å². The summed E-state index contributed by atoms with van der Waals surface area (Å²) in [5.41, 5.74) is 0.523. The van der Waals surface area contributed by atoms with E-state index < -0.39 is 0 Å². The summed E-state index contributed by atoms with van der Waals surface area (Å²) in [7, 11) is 0. The lowest BCUT2D eigenvalue weighted by Gasteiger charge is -2.57. The molecule has 0 radical (unpaired) electrons. The van der Waals surface area contributed by atoms with Gasteiger partial charge in [-0.15, -0.1) is 0 Å². The highest BCUT2D eigenvalue weighted by Gasteiger charge is 2.49. The third kappa shape index (κ3) is 1.09. The van der Waals surface area contributed by atoms with E-state index in [2.05, 4.69) is 11.8 Å². The predicted octanol–water partition coefficient (Wildman–Crippen LogP) is 1.26. The van der Waals surface area contributed by atoms with Gasteiger partial charge in [0.05, 0.1) is 18.8 Å². The molecule has 2 heterocycles. The van der Waals surface area contributed by atoms with Crippen molar-refractivity contribution in [3.05, 3.63) is 0 Å². The van der Waals surface area contributed by atoms with Crippen molar-refractivity contribution in [1.29, 1.82) is 0 Å². The second-order valence-corrected chi connectivity index (χ2v) is 3.81. The van der Waals surface area contributed by atoms with E-state index in [4.69, 9.17) is 4.74 Å². The minimum atomic E-state index is 0.523. The van der Waals surface area contributed by atoms with Gasteiger partial charge < -0.3 is 4.74 Å². The van der Waals surface area contributed by atoms with Crippen LogP contribution in [0, 0.1) is 0 Å². The van der Waals surface area contributed by atoms with Gasteiger partial charge in [0.15, 0.2) is 0 Å². The largest absolute Gasteiger partial charge is 0.377 e. The maximum atomic E-state index is 5.25. The summed E-state index contributed by atoms with van der Waals surface area (Å²) in [5, 5.41) is 0. The van der Waals surface area contributed by atoms with Gasteiger partial charge in [0.2, 0.25) is 0 Å². The van der Waals surface area contributed by atoms with Crippen molar-refractivity contribution in [3.63, 3.8) is 0 Å². The fourth-order valence-electron chi connectivity index (χ4n) is 1.95. The van der Waals surface area contributed by atoms with Crippen LogP contribution in [0.2, 0.25) is 0 Å². The molecule has 64 valence electrons. The van der Waals surface area contributed by atoms with Gasteiger partial charge in [-0.25, -0.2) is 0 Å². The molecule has 0 bridgehead atoms. The fourth-order valence-corrected chi connectivity index (χ4v) is 1.95. The van der Waals surface area contributed by atoms with Crippen molar-refractivity contribution >= 4 is 0 Å². The zero-order chi connectivity index (χ0) is 7.73. The van der Waals surface area contributed by atoms with Gasteiger partial charge in [-0.05, 0) is 19.4 Å². The van der Waals surface area contributed by atoms with Crippen molar-refractivity contribution < 1.29 is 4.74 Å². The SMILES string of the molecule is CCCCN1CCC12COC2. The quantitative estimate of drug-likeness (QED) is 0.608. The highest BCUT2D eigenvalue weighted by molar-refractivity contribution is 5.04. The van der Waals surface area contributed by atoms with Gasteiger partial charge in [-0.1, -0.05) is 13.3 Å². The molecule has 0 unspecified atom stereocenters. The molecule has 0 atom stereocenters. The highest BCUT2D eigenvalue weighted by atomic mass is 16.5. The maximum absolute atomic E-state index is 5.25. The van der Waals surface area contributed by atoms with Crippen LogP contribution in [-0.2, 0) is 4.74 Å². The van der Waals surface area contributed by atoms with Crippen molar-refractivity contribution in [2.75, 3.05) is 26.3 Å². The summed E-state index contributed by atoms with van der Waals surface area (Å²) in [6.07, 6.45) is 4.03. The molecule has 2 aliphatic heterocycles. The molecule has 0 aromatic rings. The lowest BCUT2D eigenvalue weighted by molar-refractivity contribution is -0.192. The standard InChI is InChI=1S/C9H17NO/c1-2-3-5-10-6-4-9(10)7-11-8-9/h2-8H2,1H3. The molecule has 2 saturated heterocycles. The predicted molar refractivity (Wildman–Crippen MR) is 44.6 cm³/mol. The molecule has 2 aliphatic rings. The van der Waals surface area contributed by atoms with E-state index in [-0.39, 0.29) is 0 Å². The number of hydrogen-bond acceptors (Lipinski definition) is 2. The van der Waals surface area contributed by atoms with Gasteiger partial charge in [0.1, 0.15) is 0 Å². The first kappa shape index (κ1) is 7.56. The van der Waals surface area contributed by atoms with Crippen LogP contribution in [0.3, 0.4) is 0 Å². The number of ether oxygens (including phenoxy) is 1. The zero-order valence-electron chi connectivity index (χ0n) is 7.31. The number of unbranched alkanes of at least 4 members (excludes halogenated alkanes) is 1. The van der Waals surface area contributed by atoms with Crippen LogP contribution in [0.4, 0.5) is 0 Å². The van der Waals surface area contributed by atoms with Crippen LogP contribution in [0.1, 0.15) is 26.2 Å². The average molecular weight is 155 g/mol. The van der Waals surface area contributed by atoms with E-state index in [1.54, 1.807) is 0 Å². The molecule has 2 rings (SSSR count). The monoisotopic (exact) mass is 155 g/mol. The molecule has 1 spiro atoms. The van der Waals surface area contributed by atoms with Crippen LogP contribution in [-0.4, -0.2) is 36.7 Å². The van der Waals surface area contributed by atoms with Gasteiger partial charge in [0.25, 0.3) is 0 Å². The van der Waals surface area contributed by atoms with E-state index in [0.717, 1.165) is 13.2 Å². The highest BCUT2D eigenvalue weighted by Crippen LogP contribution is 2.37. The Morgan fingerprint density at radius 1 is 1.45 bits per heavy atom. The van der Waals surface area contributed by atoms with Gasteiger partial charge in [-0.2, -0.15) is 0 Å². The molecule has 0 aliphatic carbocycles. The number of hydrogen-bond donors (Lipinski definition) is 0. The van der Waals surface area contributed by atoms with Gasteiger partial charge in [0, 0.05) is 6.54 Å². The number of nitrogens with zero attached hydrogens (tertiary/aromatic N) is 1. The molecule has 0 aromatic heterocycles. The fraction of sp³-hybridized carbons (Fsp3) is 1.00. The Morgan fingerprint density at radius 3 is 2.64 bits per heavy atom. The van der Waals surface area contributed by atoms with E-state index >= 15 is 0 Å². The first-order valence-corrected chi connectivity index (χ1v) is 4.70. The third-order valence-electron chi connectivity index (χ3n) is 3.04. The van der Waals surface area contributed by atoms with Crippen molar-refractivity contribution in [3.8, 4) is 0 Å². The summed E-state index contributed by atoms with van der Waals surface area (Å²) in [5.74, 6) is 0. The normalized spacial score (nSPS) is 28.1. The summed E-state index contributed by atoms with van der Waals surface area (Å²) in [6.45, 7) is 6.85. The number of likely N-dealkylation sites (tertiary alicyclic amines) is 1. The van der Waals surface area contributed by atoms with Crippen molar-refractivity contribution in [1.82, 2.24) is 4.90 Å². The van der Waals surface area contributed by atoms with Crippen molar-refractivity contribution in [2.45, 2.75) is 31.7 Å². The van der Waals surface area contributed by atoms with E-state index in [1.807, 2.05) is 0 Å². The van der Waals surface area contributed by atoms with E-state index in [9.17, 15) is 0 Å². The first-order valence-electron chi connectivity index (χ1n) is 4.70. The van der Waals surface area contributed by atoms with Crippen LogP contribution < -0.4 is 0 Å². The summed E-state index contributed by atoms with van der Waals surface area (Å²) in [6, 6.07) is 0. The smallest absolute Gasteiger partial charge is 0.0690 e. The second-order valence-electron chi connectivity index (χ2n) is 3.81. The Balaban J connectivity index is 1.77. The minimum absolute atomic E-state index is 0.523.